The molecule has 0 aliphatic carbocycles. The molecular formula is C12H18Cl2N2O2S. The van der Waals surface area contributed by atoms with Crippen molar-refractivity contribution in [2.45, 2.75) is 19.8 Å². The molecule has 4 nitrogen and oxygen atoms in total. The number of hydrogen-bond acceptors (Lipinski definition) is 3. The van der Waals surface area contributed by atoms with Crippen molar-refractivity contribution in [2.24, 2.45) is 0 Å². The van der Waals surface area contributed by atoms with Gasteiger partial charge >= 0.3 is 0 Å². The first-order valence-electron chi connectivity index (χ1n) is 6.11. The normalized spacial score (nSPS) is 11.5. The zero-order valence-electron chi connectivity index (χ0n) is 10.7. The van der Waals surface area contributed by atoms with Crippen LogP contribution in [0.5, 0.6) is 0 Å². The van der Waals surface area contributed by atoms with Gasteiger partial charge in [0.2, 0.25) is 10.0 Å². The molecule has 19 heavy (non-hydrogen) atoms. The molecular weight excluding hydrogens is 307 g/mol. The van der Waals surface area contributed by atoms with Gasteiger partial charge < -0.3 is 5.32 Å². The quantitative estimate of drug-likeness (QED) is 0.722. The molecule has 7 heteroatoms. The van der Waals surface area contributed by atoms with Crippen molar-refractivity contribution in [1.82, 2.24) is 5.32 Å². The van der Waals surface area contributed by atoms with Crippen LogP contribution in [-0.2, 0) is 10.0 Å². The van der Waals surface area contributed by atoms with Crippen LogP contribution in [0.25, 0.3) is 0 Å². The molecule has 0 fully saturated rings. The van der Waals surface area contributed by atoms with E-state index in [1.165, 1.54) is 6.07 Å². The number of nitrogens with one attached hydrogen (secondary N) is 2. The van der Waals surface area contributed by atoms with E-state index in [-0.39, 0.29) is 5.75 Å². The third-order valence-electron chi connectivity index (χ3n) is 2.46. The van der Waals surface area contributed by atoms with Crippen LogP contribution in [0.15, 0.2) is 18.2 Å². The second kappa shape index (κ2) is 7.94. The van der Waals surface area contributed by atoms with Crippen LogP contribution in [0.2, 0.25) is 10.0 Å². The van der Waals surface area contributed by atoms with Crippen molar-refractivity contribution >= 4 is 38.9 Å². The molecule has 1 aromatic carbocycles. The summed E-state index contributed by atoms with van der Waals surface area (Å²) in [7, 11) is -3.38. The maximum atomic E-state index is 11.9. The third-order valence-corrected chi connectivity index (χ3v) is 4.38. The highest BCUT2D eigenvalue weighted by atomic mass is 35.5. The lowest BCUT2D eigenvalue weighted by Crippen LogP contribution is -2.19. The Kier molecular flexibility index (Phi) is 6.93. The summed E-state index contributed by atoms with van der Waals surface area (Å²) in [6, 6.07) is 4.67. The van der Waals surface area contributed by atoms with Gasteiger partial charge in [-0.2, -0.15) is 0 Å². The molecule has 2 N–H and O–H groups in total. The molecule has 1 rings (SSSR count). The minimum Gasteiger partial charge on any atom is -0.317 e. The maximum absolute atomic E-state index is 11.9. The number of anilines is 1. The summed E-state index contributed by atoms with van der Waals surface area (Å²) in [5, 5.41) is 3.92. The Balaban J connectivity index is 2.52. The molecule has 0 heterocycles. The van der Waals surface area contributed by atoms with E-state index < -0.39 is 10.0 Å². The van der Waals surface area contributed by atoms with Crippen LogP contribution in [-0.4, -0.2) is 27.3 Å². The van der Waals surface area contributed by atoms with Crippen LogP contribution < -0.4 is 10.0 Å². The first-order chi connectivity index (χ1) is 8.94. The summed E-state index contributed by atoms with van der Waals surface area (Å²) < 4.78 is 26.2. The van der Waals surface area contributed by atoms with Crippen LogP contribution in [0, 0.1) is 0 Å². The Morgan fingerprint density at radius 2 is 1.95 bits per heavy atom. The Hall–Kier alpha value is -0.490. The van der Waals surface area contributed by atoms with Gasteiger partial charge in [0.1, 0.15) is 0 Å². The van der Waals surface area contributed by atoms with Gasteiger partial charge in [-0.3, -0.25) is 4.72 Å². The fourth-order valence-corrected chi connectivity index (χ4v) is 3.10. The van der Waals surface area contributed by atoms with Crippen molar-refractivity contribution in [3.8, 4) is 0 Å². The third kappa shape index (κ3) is 6.47. The van der Waals surface area contributed by atoms with E-state index in [0.29, 0.717) is 22.2 Å². The monoisotopic (exact) mass is 324 g/mol. The second-order valence-corrected chi connectivity index (χ2v) is 6.79. The Morgan fingerprint density at radius 1 is 1.21 bits per heavy atom. The lowest BCUT2D eigenvalue weighted by atomic mass is 10.3. The molecule has 0 saturated carbocycles. The summed E-state index contributed by atoms with van der Waals surface area (Å²) in [6.07, 6.45) is 1.42. The topological polar surface area (TPSA) is 58.2 Å². The predicted octanol–water partition coefficient (Wildman–Crippen LogP) is 3.12. The van der Waals surface area contributed by atoms with Gasteiger partial charge in [0.25, 0.3) is 0 Å². The van der Waals surface area contributed by atoms with Gasteiger partial charge in [0, 0.05) is 5.02 Å². The van der Waals surface area contributed by atoms with E-state index in [9.17, 15) is 8.42 Å². The standard InChI is InChI=1S/C12H18Cl2N2O2S/c1-2-15-7-3-4-8-19(17,18)16-12-9-10(13)5-6-11(12)14/h5-6,9,15-16H,2-4,7-8H2,1H3. The van der Waals surface area contributed by atoms with Gasteiger partial charge in [0.05, 0.1) is 16.5 Å². The SMILES string of the molecule is CCNCCCCS(=O)(=O)Nc1cc(Cl)ccc1Cl. The van der Waals surface area contributed by atoms with Crippen LogP contribution >= 0.6 is 23.2 Å². The fourth-order valence-electron chi connectivity index (χ4n) is 1.51. The Morgan fingerprint density at radius 3 is 2.63 bits per heavy atom. The molecule has 0 aromatic heterocycles. The van der Waals surface area contributed by atoms with Crippen molar-refractivity contribution in [1.29, 1.82) is 0 Å². The summed E-state index contributed by atoms with van der Waals surface area (Å²) in [6.45, 7) is 3.73. The molecule has 0 aliphatic heterocycles. The van der Waals surface area contributed by atoms with E-state index in [1.807, 2.05) is 6.92 Å². The van der Waals surface area contributed by atoms with Gasteiger partial charge in [-0.15, -0.1) is 0 Å². The van der Waals surface area contributed by atoms with Gasteiger partial charge in [-0.25, -0.2) is 8.42 Å². The van der Waals surface area contributed by atoms with Crippen molar-refractivity contribution < 1.29 is 8.42 Å². The van der Waals surface area contributed by atoms with Crippen molar-refractivity contribution in [2.75, 3.05) is 23.6 Å². The largest absolute Gasteiger partial charge is 0.317 e. The zero-order valence-corrected chi connectivity index (χ0v) is 13.1. The Bertz CT molecular complexity index is 506. The van der Waals surface area contributed by atoms with Gasteiger partial charge in [0.15, 0.2) is 0 Å². The van der Waals surface area contributed by atoms with Crippen LogP contribution in [0.4, 0.5) is 5.69 Å². The highest BCUT2D eigenvalue weighted by Crippen LogP contribution is 2.26. The highest BCUT2D eigenvalue weighted by Gasteiger charge is 2.12. The first kappa shape index (κ1) is 16.6. The average Bonchev–Trinajstić information content (AvgIpc) is 2.33. The molecule has 108 valence electrons. The molecule has 0 spiro atoms. The molecule has 0 unspecified atom stereocenters. The number of unbranched alkanes of at least 4 members (excludes halogenated alkanes) is 1. The lowest BCUT2D eigenvalue weighted by molar-refractivity contribution is 0.593. The number of hydrogen-bond donors (Lipinski definition) is 2. The van der Waals surface area contributed by atoms with Gasteiger partial charge in [-0.1, -0.05) is 30.1 Å². The van der Waals surface area contributed by atoms with E-state index >= 15 is 0 Å². The van der Waals surface area contributed by atoms with E-state index in [0.717, 1.165) is 19.5 Å². The van der Waals surface area contributed by atoms with Crippen molar-refractivity contribution in [3.63, 3.8) is 0 Å². The lowest BCUT2D eigenvalue weighted by Gasteiger charge is -2.10. The number of sulfonamides is 1. The molecule has 0 radical (unpaired) electrons. The van der Waals surface area contributed by atoms with Crippen LogP contribution in [0.1, 0.15) is 19.8 Å². The van der Waals surface area contributed by atoms with E-state index in [2.05, 4.69) is 10.0 Å². The summed E-state index contributed by atoms with van der Waals surface area (Å²) in [5.41, 5.74) is 0.320. The molecule has 0 aliphatic rings. The van der Waals surface area contributed by atoms with Crippen LogP contribution in [0.3, 0.4) is 0 Å². The smallest absolute Gasteiger partial charge is 0.232 e. The van der Waals surface area contributed by atoms with E-state index in [1.54, 1.807) is 12.1 Å². The Labute approximate surface area is 124 Å². The first-order valence-corrected chi connectivity index (χ1v) is 8.51. The average molecular weight is 325 g/mol. The second-order valence-electron chi connectivity index (χ2n) is 4.11. The molecule has 1 aromatic rings. The van der Waals surface area contributed by atoms with E-state index in [4.69, 9.17) is 23.2 Å². The maximum Gasteiger partial charge on any atom is 0.232 e. The summed E-state index contributed by atoms with van der Waals surface area (Å²) >= 11 is 11.7. The molecule has 0 bridgehead atoms. The van der Waals surface area contributed by atoms with Crippen molar-refractivity contribution in [3.05, 3.63) is 28.2 Å². The molecule has 0 saturated heterocycles. The summed E-state index contributed by atoms with van der Waals surface area (Å²) in [4.78, 5) is 0. The number of benzene rings is 1. The molecule has 0 amide bonds. The zero-order chi connectivity index (χ0) is 14.3. The predicted molar refractivity (Wildman–Crippen MR) is 81.6 cm³/mol. The molecule has 0 atom stereocenters. The highest BCUT2D eigenvalue weighted by molar-refractivity contribution is 7.92. The minimum absolute atomic E-state index is 0.0707. The van der Waals surface area contributed by atoms with Gasteiger partial charge in [-0.05, 0) is 44.1 Å². The minimum atomic E-state index is -3.38. The number of halogens is 2. The summed E-state index contributed by atoms with van der Waals surface area (Å²) in [5.74, 6) is 0.0707. The fraction of sp³-hybridized carbons (Fsp3) is 0.500. The number of rotatable bonds is 8.